The molecule has 2 heterocycles. The van der Waals surface area contributed by atoms with Gasteiger partial charge in [-0.1, -0.05) is 139 Å². The zero-order valence-corrected chi connectivity index (χ0v) is 35.2. The molecule has 2 aromatic heterocycles. The van der Waals surface area contributed by atoms with Crippen molar-refractivity contribution < 1.29 is 4.80 Å². The lowest BCUT2D eigenvalue weighted by Gasteiger charge is -2.25. The number of hydrogen-bond donors (Lipinski definition) is 0. The van der Waals surface area contributed by atoms with E-state index in [4.69, 9.17) is 20.4 Å². The summed E-state index contributed by atoms with van der Waals surface area (Å²) in [6.45, 7) is 14.6. The Bertz CT molecular complexity index is 2520. The van der Waals surface area contributed by atoms with Crippen molar-refractivity contribution in [1.29, 1.82) is 0 Å². The third-order valence-corrected chi connectivity index (χ3v) is 10.4. The average molecular weight is 787 g/mol. The number of benzene rings is 7. The highest BCUT2D eigenvalue weighted by Crippen LogP contribution is 2.43. The Labute approximate surface area is 352 Å². The molecule has 8 heteroatoms. The zero-order valence-electron chi connectivity index (χ0n) is 35.2. The van der Waals surface area contributed by atoms with Gasteiger partial charge in [-0.2, -0.15) is 30.0 Å². The van der Waals surface area contributed by atoms with E-state index in [-0.39, 0.29) is 10.8 Å². The molecule has 7 aromatic carbocycles. The molecule has 0 aliphatic heterocycles. The van der Waals surface area contributed by atoms with Crippen LogP contribution in [0.2, 0.25) is 0 Å². The molecule has 0 fully saturated rings. The standard InChI is InChI=1S/C52H50N8/c1-51(2,3)35-57-53-47-45(37-27-31-43(32-28-37)59(39-19-11-7-12-20-39)40-21-13-8-14-22-40)49-50(56-58(55-49)36-52(4,5)6)46(48(47)54-57)38-29-33-44(34-30-38)60(41-23-15-9-16-24-41)42-25-17-10-18-26-42/h7-34H,35-36H2,1-6H3. The molecule has 298 valence electrons. The van der Waals surface area contributed by atoms with E-state index in [0.29, 0.717) is 13.1 Å². The number of anilines is 6. The lowest BCUT2D eigenvalue weighted by atomic mass is 9.95. The van der Waals surface area contributed by atoms with Crippen LogP contribution in [0, 0.1) is 10.8 Å². The van der Waals surface area contributed by atoms with Crippen LogP contribution in [0.4, 0.5) is 34.1 Å². The molecule has 0 aliphatic rings. The normalized spacial score (nSPS) is 12.0. The van der Waals surface area contributed by atoms with Crippen LogP contribution in [0.25, 0.3) is 44.3 Å². The summed E-state index contributed by atoms with van der Waals surface area (Å²) in [5.74, 6) is 0. The van der Waals surface area contributed by atoms with Crippen molar-refractivity contribution >= 4 is 56.2 Å². The van der Waals surface area contributed by atoms with Crippen molar-refractivity contribution in [2.75, 3.05) is 9.80 Å². The van der Waals surface area contributed by atoms with Gasteiger partial charge in [-0.25, -0.2) is 0 Å². The van der Waals surface area contributed by atoms with Gasteiger partial charge in [0.15, 0.2) is 6.54 Å². The summed E-state index contributed by atoms with van der Waals surface area (Å²) in [6, 6.07) is 59.4. The third kappa shape index (κ3) is 7.88. The van der Waals surface area contributed by atoms with Crippen LogP contribution in [0.15, 0.2) is 170 Å². The first-order valence-electron chi connectivity index (χ1n) is 20.7. The number of nitrogens with zero attached hydrogens (tertiary/aromatic N) is 8. The van der Waals surface area contributed by atoms with Crippen molar-refractivity contribution in [3.8, 4) is 22.3 Å². The van der Waals surface area contributed by atoms with Gasteiger partial charge in [-0.15, -0.1) is 0 Å². The smallest absolute Gasteiger partial charge is 0.167 e. The van der Waals surface area contributed by atoms with Gasteiger partial charge < -0.3 is 9.80 Å². The SMILES string of the molecule is CC(C)(C)Cn1nc2c(-c3ccc(N(c4ccccc4)c4ccccc4)cc3)c3n[n+](CC(C)(C)C)[n-]c3c(-c3ccc(N(c4ccccc4)c4ccccc4)cc3)c2n1. The highest BCUT2D eigenvalue weighted by atomic mass is 15.5. The molecular weight excluding hydrogens is 737 g/mol. The highest BCUT2D eigenvalue weighted by molar-refractivity contribution is 6.16. The number of para-hydroxylation sites is 4. The molecular formula is C52H50N8. The quantitative estimate of drug-likeness (QED) is 0.129. The molecule has 0 atom stereocenters. The van der Waals surface area contributed by atoms with Gasteiger partial charge >= 0.3 is 0 Å². The second kappa shape index (κ2) is 15.6. The Morgan fingerprint density at radius 3 is 1.20 bits per heavy atom. The minimum Gasteiger partial charge on any atom is -0.311 e. The molecule has 0 radical (unpaired) electrons. The van der Waals surface area contributed by atoms with Crippen molar-refractivity contribution in [2.45, 2.75) is 54.6 Å². The van der Waals surface area contributed by atoms with E-state index >= 15 is 0 Å². The zero-order chi connectivity index (χ0) is 41.4. The number of hydrogen-bond acceptors (Lipinski definition) is 5. The largest absolute Gasteiger partial charge is 0.311 e. The Balaban J connectivity index is 1.23. The predicted octanol–water partition coefficient (Wildman–Crippen LogP) is 12.6. The number of aromatic nitrogens is 6. The molecule has 0 unspecified atom stereocenters. The number of fused-ring (bicyclic) bond motifs is 2. The maximum Gasteiger partial charge on any atom is 0.167 e. The first-order valence-corrected chi connectivity index (χ1v) is 20.7. The van der Waals surface area contributed by atoms with Crippen molar-refractivity contribution in [3.05, 3.63) is 170 Å². The average Bonchev–Trinajstić information content (AvgIpc) is 3.84. The molecule has 0 aliphatic carbocycles. The van der Waals surface area contributed by atoms with E-state index in [1.165, 1.54) is 0 Å². The Kier molecular flexibility index (Phi) is 10.0. The summed E-state index contributed by atoms with van der Waals surface area (Å²) >= 11 is 0. The summed E-state index contributed by atoms with van der Waals surface area (Å²) in [4.78, 5) is 8.28. The summed E-state index contributed by atoms with van der Waals surface area (Å²) < 4.78 is 0. The second-order valence-electron chi connectivity index (χ2n) is 17.8. The summed E-state index contributed by atoms with van der Waals surface area (Å²) in [6.07, 6.45) is 0. The van der Waals surface area contributed by atoms with Crippen LogP contribution in [-0.2, 0) is 13.1 Å². The van der Waals surface area contributed by atoms with Gasteiger partial charge in [0.2, 0.25) is 0 Å². The minimum absolute atomic E-state index is 0.0453. The van der Waals surface area contributed by atoms with E-state index in [0.717, 1.165) is 78.4 Å². The molecule has 0 saturated heterocycles. The maximum atomic E-state index is 5.28. The fraction of sp³-hybridized carbons (Fsp3) is 0.192. The van der Waals surface area contributed by atoms with E-state index in [9.17, 15) is 0 Å². The van der Waals surface area contributed by atoms with Crippen LogP contribution >= 0.6 is 0 Å². The highest BCUT2D eigenvalue weighted by Gasteiger charge is 2.26. The van der Waals surface area contributed by atoms with Gasteiger partial charge in [0.25, 0.3) is 0 Å². The molecule has 0 bridgehead atoms. The fourth-order valence-corrected chi connectivity index (χ4v) is 7.89. The first-order chi connectivity index (χ1) is 29.0. The minimum atomic E-state index is -0.0453. The van der Waals surface area contributed by atoms with Crippen molar-refractivity contribution in [2.24, 2.45) is 10.8 Å². The van der Waals surface area contributed by atoms with Gasteiger partial charge in [-0.3, -0.25) is 0 Å². The maximum absolute atomic E-state index is 5.28. The van der Waals surface area contributed by atoms with Crippen LogP contribution < -0.4 is 19.7 Å². The van der Waals surface area contributed by atoms with Gasteiger partial charge in [0.05, 0.1) is 6.54 Å². The molecule has 9 aromatic rings. The Morgan fingerprint density at radius 2 is 0.817 bits per heavy atom. The molecule has 0 saturated carbocycles. The topological polar surface area (TPSA) is 68.1 Å². The lowest BCUT2D eigenvalue weighted by Crippen LogP contribution is -2.45. The Morgan fingerprint density at radius 1 is 0.450 bits per heavy atom. The van der Waals surface area contributed by atoms with Gasteiger partial charge in [0.1, 0.15) is 11.0 Å². The summed E-state index contributed by atoms with van der Waals surface area (Å²) in [7, 11) is 0. The predicted molar refractivity (Wildman–Crippen MR) is 245 cm³/mol. The molecule has 60 heavy (non-hydrogen) atoms. The van der Waals surface area contributed by atoms with Crippen molar-refractivity contribution in [3.63, 3.8) is 0 Å². The lowest BCUT2D eigenvalue weighted by molar-refractivity contribution is -0.813. The molecule has 0 N–H and O–H groups in total. The fourth-order valence-electron chi connectivity index (χ4n) is 7.89. The van der Waals surface area contributed by atoms with Crippen molar-refractivity contribution in [1.82, 2.24) is 25.2 Å². The van der Waals surface area contributed by atoms with Gasteiger partial charge in [0, 0.05) is 61.7 Å². The Hall–Kier alpha value is -7.06. The molecule has 9 rings (SSSR count). The number of rotatable bonds is 10. The van der Waals surface area contributed by atoms with Crippen LogP contribution in [-0.4, -0.2) is 20.1 Å². The first kappa shape index (κ1) is 38.5. The summed E-state index contributed by atoms with van der Waals surface area (Å²) in [5, 5.41) is 21.1. The van der Waals surface area contributed by atoms with E-state index in [1.807, 2.05) is 33.9 Å². The van der Waals surface area contributed by atoms with E-state index in [1.54, 1.807) is 0 Å². The molecule has 0 amide bonds. The van der Waals surface area contributed by atoms with Crippen LogP contribution in [0.1, 0.15) is 41.5 Å². The van der Waals surface area contributed by atoms with Gasteiger partial charge in [-0.05, 0) is 89.3 Å². The van der Waals surface area contributed by atoms with Crippen LogP contribution in [0.5, 0.6) is 0 Å². The van der Waals surface area contributed by atoms with E-state index in [2.05, 4.69) is 197 Å². The van der Waals surface area contributed by atoms with E-state index < -0.39 is 0 Å². The molecule has 8 nitrogen and oxygen atoms in total. The second-order valence-corrected chi connectivity index (χ2v) is 17.8. The summed E-state index contributed by atoms with van der Waals surface area (Å²) in [5.41, 5.74) is 13.4. The van der Waals surface area contributed by atoms with Crippen LogP contribution in [0.3, 0.4) is 0 Å². The third-order valence-electron chi connectivity index (χ3n) is 10.4. The molecule has 0 spiro atoms. The monoisotopic (exact) mass is 786 g/mol.